The quantitative estimate of drug-likeness (QED) is 0.766. The Morgan fingerprint density at radius 2 is 2.00 bits per heavy atom. The number of nitrogens with one attached hydrogen (secondary N) is 1. The molecule has 0 atom stereocenters. The highest BCUT2D eigenvalue weighted by atomic mass is 16.1. The van der Waals surface area contributed by atoms with E-state index in [4.69, 9.17) is 0 Å². The zero-order chi connectivity index (χ0) is 11.3. The van der Waals surface area contributed by atoms with Gasteiger partial charge in [0.15, 0.2) is 5.78 Å². The molecule has 3 heteroatoms. The maximum Gasteiger partial charge on any atom is 0.221 e. The Hall–Kier alpha value is -1.90. The summed E-state index contributed by atoms with van der Waals surface area (Å²) in [6.45, 7) is 2.95. The lowest BCUT2D eigenvalue weighted by molar-refractivity contribution is -0.114. The molecule has 0 spiro atoms. The minimum absolute atomic E-state index is 0.0000647. The minimum atomic E-state index is -0.109. The van der Waals surface area contributed by atoms with Gasteiger partial charge < -0.3 is 5.32 Å². The Kier molecular flexibility index (Phi) is 3.80. The Balaban J connectivity index is 2.82. The summed E-state index contributed by atoms with van der Waals surface area (Å²) in [4.78, 5) is 21.5. The van der Waals surface area contributed by atoms with Gasteiger partial charge in [0.1, 0.15) is 0 Å². The van der Waals surface area contributed by atoms with E-state index in [0.717, 1.165) is 11.3 Å². The van der Waals surface area contributed by atoms with E-state index < -0.39 is 0 Å². The fraction of sp³-hybridized carbons (Fsp3) is 0.167. The zero-order valence-electron chi connectivity index (χ0n) is 8.78. The van der Waals surface area contributed by atoms with E-state index in [1.807, 2.05) is 12.1 Å². The Labute approximate surface area is 88.8 Å². The fourth-order valence-electron chi connectivity index (χ4n) is 1.14. The molecular formula is C12H13NO2. The van der Waals surface area contributed by atoms with Crippen LogP contribution in [0.15, 0.2) is 30.3 Å². The molecule has 0 bridgehead atoms. The van der Waals surface area contributed by atoms with Crippen molar-refractivity contribution < 1.29 is 9.59 Å². The highest BCUT2D eigenvalue weighted by Gasteiger charge is 1.95. The Morgan fingerprint density at radius 3 is 2.60 bits per heavy atom. The van der Waals surface area contributed by atoms with E-state index in [2.05, 4.69) is 5.32 Å². The maximum absolute atomic E-state index is 10.8. The second-order valence-corrected chi connectivity index (χ2v) is 3.25. The topological polar surface area (TPSA) is 46.2 Å². The van der Waals surface area contributed by atoms with Gasteiger partial charge in [-0.1, -0.05) is 18.2 Å². The summed E-state index contributed by atoms with van der Waals surface area (Å²) in [6, 6.07) is 7.29. The van der Waals surface area contributed by atoms with Gasteiger partial charge in [0.05, 0.1) is 0 Å². The van der Waals surface area contributed by atoms with Crippen LogP contribution in [-0.4, -0.2) is 11.7 Å². The van der Waals surface area contributed by atoms with Gasteiger partial charge >= 0.3 is 0 Å². The SMILES string of the molecule is CC(=O)/C=C/c1cccc(NC(C)=O)c1. The van der Waals surface area contributed by atoms with Crippen LogP contribution >= 0.6 is 0 Å². The molecule has 1 amide bonds. The lowest BCUT2D eigenvalue weighted by atomic mass is 10.2. The van der Waals surface area contributed by atoms with Crippen molar-refractivity contribution in [3.05, 3.63) is 35.9 Å². The number of ketones is 1. The van der Waals surface area contributed by atoms with E-state index in [1.165, 1.54) is 19.9 Å². The van der Waals surface area contributed by atoms with Gasteiger partial charge in [0.2, 0.25) is 5.91 Å². The molecule has 1 rings (SSSR count). The average molecular weight is 203 g/mol. The Bertz CT molecular complexity index is 408. The molecule has 1 aromatic carbocycles. The summed E-state index contributed by atoms with van der Waals surface area (Å²) >= 11 is 0. The summed E-state index contributed by atoms with van der Waals surface area (Å²) in [5.41, 5.74) is 1.62. The molecule has 1 N–H and O–H groups in total. The van der Waals surface area contributed by atoms with Gasteiger partial charge in [-0.25, -0.2) is 0 Å². The zero-order valence-corrected chi connectivity index (χ0v) is 8.78. The summed E-state index contributed by atoms with van der Waals surface area (Å²) in [5, 5.41) is 2.68. The summed E-state index contributed by atoms with van der Waals surface area (Å²) in [6.07, 6.45) is 3.21. The average Bonchev–Trinajstić information content (AvgIpc) is 2.14. The molecule has 0 unspecified atom stereocenters. The number of benzene rings is 1. The largest absolute Gasteiger partial charge is 0.326 e. The van der Waals surface area contributed by atoms with Crippen molar-refractivity contribution in [3.8, 4) is 0 Å². The van der Waals surface area contributed by atoms with Crippen molar-refractivity contribution in [2.45, 2.75) is 13.8 Å². The van der Waals surface area contributed by atoms with Crippen molar-refractivity contribution in [1.29, 1.82) is 0 Å². The molecule has 0 aromatic heterocycles. The van der Waals surface area contributed by atoms with Gasteiger partial charge in [-0.15, -0.1) is 0 Å². The molecule has 0 radical (unpaired) electrons. The van der Waals surface area contributed by atoms with Crippen LogP contribution in [0.5, 0.6) is 0 Å². The van der Waals surface area contributed by atoms with Crippen LogP contribution < -0.4 is 5.32 Å². The van der Waals surface area contributed by atoms with Crippen molar-refractivity contribution in [3.63, 3.8) is 0 Å². The number of hydrogen-bond donors (Lipinski definition) is 1. The van der Waals surface area contributed by atoms with Crippen LogP contribution in [0, 0.1) is 0 Å². The lowest BCUT2D eigenvalue weighted by Gasteiger charge is -2.02. The standard InChI is InChI=1S/C12H13NO2/c1-9(14)6-7-11-4-3-5-12(8-11)13-10(2)15/h3-8H,1-2H3,(H,13,15)/b7-6+. The lowest BCUT2D eigenvalue weighted by Crippen LogP contribution is -2.05. The molecule has 0 heterocycles. The molecular weight excluding hydrogens is 190 g/mol. The number of amides is 1. The van der Waals surface area contributed by atoms with Gasteiger partial charge in [-0.2, -0.15) is 0 Å². The predicted molar refractivity (Wildman–Crippen MR) is 60.5 cm³/mol. The first kappa shape index (κ1) is 11.2. The van der Waals surface area contributed by atoms with E-state index in [0.29, 0.717) is 0 Å². The van der Waals surface area contributed by atoms with Crippen molar-refractivity contribution in [2.75, 3.05) is 5.32 Å². The molecule has 15 heavy (non-hydrogen) atoms. The van der Waals surface area contributed by atoms with Crippen molar-refractivity contribution in [2.24, 2.45) is 0 Å². The number of carbonyl (C=O) groups is 2. The maximum atomic E-state index is 10.8. The number of hydrogen-bond acceptors (Lipinski definition) is 2. The highest BCUT2D eigenvalue weighted by molar-refractivity contribution is 5.92. The third kappa shape index (κ3) is 4.22. The number of rotatable bonds is 3. The van der Waals surface area contributed by atoms with E-state index >= 15 is 0 Å². The molecule has 0 fully saturated rings. The first-order chi connectivity index (χ1) is 7.08. The third-order valence-electron chi connectivity index (χ3n) is 1.72. The normalized spacial score (nSPS) is 10.3. The fourth-order valence-corrected chi connectivity index (χ4v) is 1.14. The van der Waals surface area contributed by atoms with Crippen LogP contribution in [0.1, 0.15) is 19.4 Å². The molecule has 0 aliphatic rings. The highest BCUT2D eigenvalue weighted by Crippen LogP contribution is 2.11. The molecule has 0 saturated carbocycles. The van der Waals surface area contributed by atoms with E-state index in [9.17, 15) is 9.59 Å². The molecule has 0 saturated heterocycles. The van der Waals surface area contributed by atoms with Gasteiger partial charge in [-0.3, -0.25) is 9.59 Å². The molecule has 3 nitrogen and oxygen atoms in total. The first-order valence-corrected chi connectivity index (χ1v) is 4.64. The van der Waals surface area contributed by atoms with Crippen molar-refractivity contribution in [1.82, 2.24) is 0 Å². The number of carbonyl (C=O) groups excluding carboxylic acids is 2. The van der Waals surface area contributed by atoms with Crippen LogP contribution in [0.25, 0.3) is 6.08 Å². The summed E-state index contributed by atoms with van der Waals surface area (Å²) < 4.78 is 0. The molecule has 1 aromatic rings. The molecule has 0 aliphatic heterocycles. The van der Waals surface area contributed by atoms with Crippen LogP contribution in [0.2, 0.25) is 0 Å². The molecule has 0 aliphatic carbocycles. The van der Waals surface area contributed by atoms with Crippen LogP contribution in [0.3, 0.4) is 0 Å². The van der Waals surface area contributed by atoms with E-state index in [-0.39, 0.29) is 11.7 Å². The van der Waals surface area contributed by atoms with Gasteiger partial charge in [0, 0.05) is 12.6 Å². The summed E-state index contributed by atoms with van der Waals surface area (Å²) in [5.74, 6) is -0.109. The van der Waals surface area contributed by atoms with E-state index in [1.54, 1.807) is 18.2 Å². The predicted octanol–water partition coefficient (Wildman–Crippen LogP) is 2.25. The first-order valence-electron chi connectivity index (χ1n) is 4.64. The summed E-state index contributed by atoms with van der Waals surface area (Å²) in [7, 11) is 0. The Morgan fingerprint density at radius 1 is 1.27 bits per heavy atom. The van der Waals surface area contributed by atoms with Crippen molar-refractivity contribution >= 4 is 23.5 Å². The number of anilines is 1. The van der Waals surface area contributed by atoms with Crippen LogP contribution in [0.4, 0.5) is 5.69 Å². The second kappa shape index (κ2) is 5.10. The smallest absolute Gasteiger partial charge is 0.221 e. The minimum Gasteiger partial charge on any atom is -0.326 e. The van der Waals surface area contributed by atoms with Crippen LogP contribution in [-0.2, 0) is 9.59 Å². The molecule has 78 valence electrons. The monoisotopic (exact) mass is 203 g/mol. The van der Waals surface area contributed by atoms with Gasteiger partial charge in [-0.05, 0) is 30.7 Å². The second-order valence-electron chi connectivity index (χ2n) is 3.25. The number of allylic oxidation sites excluding steroid dienone is 1. The van der Waals surface area contributed by atoms with Gasteiger partial charge in [0.25, 0.3) is 0 Å². The third-order valence-corrected chi connectivity index (χ3v) is 1.72.